The van der Waals surface area contributed by atoms with Gasteiger partial charge in [0.2, 0.25) is 0 Å². The third-order valence-corrected chi connectivity index (χ3v) is 4.69. The van der Waals surface area contributed by atoms with Crippen LogP contribution in [0.5, 0.6) is 0 Å². The number of aliphatic carboxylic acids is 1. The standard InChI is InChI=1S/C19H15NO4S/c1-24-19(23)13-8-6-12(7-9-13)10-14(11-17(21)22)18-20-15-4-2-3-5-16(15)25-18/h2-10H,11H2,1H3,(H,21,22). The molecule has 0 bridgehead atoms. The molecule has 1 N–H and O–H groups in total. The van der Waals surface area contributed by atoms with Crippen LogP contribution >= 0.6 is 11.3 Å². The Balaban J connectivity index is 1.98. The van der Waals surface area contributed by atoms with Crippen molar-refractivity contribution in [2.45, 2.75) is 6.42 Å². The van der Waals surface area contributed by atoms with E-state index in [1.54, 1.807) is 30.3 Å². The fraction of sp³-hybridized carbons (Fsp3) is 0.105. The summed E-state index contributed by atoms with van der Waals surface area (Å²) in [6, 6.07) is 14.5. The van der Waals surface area contributed by atoms with Crippen molar-refractivity contribution in [2.75, 3.05) is 7.11 Å². The molecule has 0 spiro atoms. The number of methoxy groups -OCH3 is 1. The van der Waals surface area contributed by atoms with Gasteiger partial charge in [0.05, 0.1) is 29.3 Å². The summed E-state index contributed by atoms with van der Waals surface area (Å²) in [5.74, 6) is -1.33. The van der Waals surface area contributed by atoms with Crippen LogP contribution in [0.25, 0.3) is 21.9 Å². The summed E-state index contributed by atoms with van der Waals surface area (Å²) >= 11 is 1.46. The molecule has 0 aliphatic heterocycles. The first-order valence-electron chi connectivity index (χ1n) is 7.53. The van der Waals surface area contributed by atoms with Gasteiger partial charge in [-0.05, 0) is 41.5 Å². The molecule has 1 heterocycles. The van der Waals surface area contributed by atoms with Crippen molar-refractivity contribution in [3.05, 3.63) is 64.7 Å². The molecule has 126 valence electrons. The second-order valence-electron chi connectivity index (χ2n) is 5.34. The number of para-hydroxylation sites is 1. The van der Waals surface area contributed by atoms with E-state index in [-0.39, 0.29) is 6.42 Å². The predicted molar refractivity (Wildman–Crippen MR) is 97.5 cm³/mol. The normalized spacial score (nSPS) is 11.5. The molecule has 0 saturated carbocycles. The highest BCUT2D eigenvalue weighted by Gasteiger charge is 2.13. The quantitative estimate of drug-likeness (QED) is 0.699. The summed E-state index contributed by atoms with van der Waals surface area (Å²) < 4.78 is 5.68. The summed E-state index contributed by atoms with van der Waals surface area (Å²) in [5.41, 5.74) is 2.71. The van der Waals surface area contributed by atoms with Gasteiger partial charge >= 0.3 is 11.9 Å². The number of fused-ring (bicyclic) bond motifs is 1. The number of aromatic nitrogens is 1. The Morgan fingerprint density at radius 3 is 2.52 bits per heavy atom. The van der Waals surface area contributed by atoms with Crippen molar-refractivity contribution >= 4 is 45.1 Å². The molecule has 0 amide bonds. The van der Waals surface area contributed by atoms with E-state index in [9.17, 15) is 14.7 Å². The monoisotopic (exact) mass is 353 g/mol. The Morgan fingerprint density at radius 1 is 1.16 bits per heavy atom. The van der Waals surface area contributed by atoms with Crippen molar-refractivity contribution in [1.82, 2.24) is 4.98 Å². The lowest BCUT2D eigenvalue weighted by atomic mass is 10.1. The van der Waals surface area contributed by atoms with Gasteiger partial charge in [-0.15, -0.1) is 11.3 Å². The molecular weight excluding hydrogens is 338 g/mol. The fourth-order valence-corrected chi connectivity index (χ4v) is 3.37. The molecule has 6 heteroatoms. The molecule has 0 unspecified atom stereocenters. The number of thiazole rings is 1. The Labute approximate surface area is 148 Å². The topological polar surface area (TPSA) is 76.5 Å². The summed E-state index contributed by atoms with van der Waals surface area (Å²) in [7, 11) is 1.33. The Morgan fingerprint density at radius 2 is 1.88 bits per heavy atom. The molecule has 0 atom stereocenters. The van der Waals surface area contributed by atoms with Crippen LogP contribution in [0.4, 0.5) is 0 Å². The summed E-state index contributed by atoms with van der Waals surface area (Å²) in [6.07, 6.45) is 1.66. The number of carbonyl (C=O) groups is 2. The number of carboxylic acids is 1. The lowest BCUT2D eigenvalue weighted by Crippen LogP contribution is -2.00. The van der Waals surface area contributed by atoms with E-state index in [0.29, 0.717) is 16.1 Å². The lowest BCUT2D eigenvalue weighted by Gasteiger charge is -2.03. The molecule has 0 radical (unpaired) electrons. The highest BCUT2D eigenvalue weighted by molar-refractivity contribution is 7.19. The highest BCUT2D eigenvalue weighted by Crippen LogP contribution is 2.30. The number of rotatable bonds is 5. The zero-order valence-corrected chi connectivity index (χ0v) is 14.2. The van der Waals surface area contributed by atoms with E-state index in [4.69, 9.17) is 0 Å². The number of carbonyl (C=O) groups excluding carboxylic acids is 1. The van der Waals surface area contributed by atoms with Crippen molar-refractivity contribution in [1.29, 1.82) is 0 Å². The lowest BCUT2D eigenvalue weighted by molar-refractivity contribution is -0.135. The van der Waals surface area contributed by atoms with Crippen LogP contribution in [0.15, 0.2) is 48.5 Å². The number of nitrogens with zero attached hydrogens (tertiary/aromatic N) is 1. The number of hydrogen-bond acceptors (Lipinski definition) is 5. The van der Waals surface area contributed by atoms with E-state index >= 15 is 0 Å². The van der Waals surface area contributed by atoms with E-state index in [0.717, 1.165) is 15.8 Å². The minimum absolute atomic E-state index is 0.126. The summed E-state index contributed by atoms with van der Waals surface area (Å²) in [5, 5.41) is 9.90. The van der Waals surface area contributed by atoms with Crippen LogP contribution < -0.4 is 0 Å². The minimum atomic E-state index is -0.920. The van der Waals surface area contributed by atoms with Crippen LogP contribution in [0, 0.1) is 0 Å². The smallest absolute Gasteiger partial charge is 0.337 e. The number of esters is 1. The van der Waals surface area contributed by atoms with Crippen molar-refractivity contribution in [3.8, 4) is 0 Å². The molecular formula is C19H15NO4S. The first-order valence-corrected chi connectivity index (χ1v) is 8.35. The zero-order chi connectivity index (χ0) is 17.8. The molecule has 0 aliphatic carbocycles. The van der Waals surface area contributed by atoms with Crippen molar-refractivity contribution in [2.24, 2.45) is 0 Å². The maximum atomic E-state index is 11.5. The van der Waals surface area contributed by atoms with Crippen LogP contribution in [0.2, 0.25) is 0 Å². The van der Waals surface area contributed by atoms with Gasteiger partial charge in [-0.2, -0.15) is 0 Å². The minimum Gasteiger partial charge on any atom is -0.481 e. The highest BCUT2D eigenvalue weighted by atomic mass is 32.1. The SMILES string of the molecule is COC(=O)c1ccc(C=C(CC(=O)O)c2nc3ccccc3s2)cc1. The van der Waals surface area contributed by atoms with Gasteiger partial charge in [-0.3, -0.25) is 4.79 Å². The van der Waals surface area contributed by atoms with Gasteiger partial charge in [0.15, 0.2) is 0 Å². The molecule has 0 saturated heterocycles. The van der Waals surface area contributed by atoms with Gasteiger partial charge in [-0.25, -0.2) is 9.78 Å². The van der Waals surface area contributed by atoms with E-state index in [2.05, 4.69) is 9.72 Å². The molecule has 0 fully saturated rings. The number of carboxylic acid groups (broad SMARTS) is 1. The predicted octanol–water partition coefficient (Wildman–Crippen LogP) is 4.10. The second-order valence-corrected chi connectivity index (χ2v) is 6.37. The third kappa shape index (κ3) is 3.92. The van der Waals surface area contributed by atoms with E-state index in [1.165, 1.54) is 18.4 Å². The number of hydrogen-bond donors (Lipinski definition) is 1. The Kier molecular flexibility index (Phi) is 4.90. The third-order valence-electron chi connectivity index (χ3n) is 3.58. The van der Waals surface area contributed by atoms with Gasteiger partial charge in [0, 0.05) is 0 Å². The van der Waals surface area contributed by atoms with Gasteiger partial charge in [0.25, 0.3) is 0 Å². The Bertz CT molecular complexity index is 924. The number of ether oxygens (including phenoxy) is 1. The van der Waals surface area contributed by atoms with E-state index in [1.807, 2.05) is 24.3 Å². The van der Waals surface area contributed by atoms with Gasteiger partial charge in [0.1, 0.15) is 5.01 Å². The molecule has 2 aromatic carbocycles. The van der Waals surface area contributed by atoms with Gasteiger partial charge < -0.3 is 9.84 Å². The van der Waals surface area contributed by atoms with Gasteiger partial charge in [-0.1, -0.05) is 24.3 Å². The molecule has 5 nitrogen and oxygen atoms in total. The molecule has 1 aromatic heterocycles. The molecule has 0 aliphatic rings. The molecule has 3 aromatic rings. The Hall–Kier alpha value is -2.99. The van der Waals surface area contributed by atoms with Crippen molar-refractivity contribution in [3.63, 3.8) is 0 Å². The van der Waals surface area contributed by atoms with Crippen LogP contribution in [-0.2, 0) is 9.53 Å². The van der Waals surface area contributed by atoms with Crippen molar-refractivity contribution < 1.29 is 19.4 Å². The average molecular weight is 353 g/mol. The summed E-state index contributed by atoms with van der Waals surface area (Å²) in [6.45, 7) is 0. The number of benzene rings is 2. The van der Waals surface area contributed by atoms with E-state index < -0.39 is 11.9 Å². The molecule has 3 rings (SSSR count). The van der Waals surface area contributed by atoms with Crippen LogP contribution in [0.1, 0.15) is 27.3 Å². The first kappa shape index (κ1) is 16.9. The van der Waals surface area contributed by atoms with Crippen LogP contribution in [-0.4, -0.2) is 29.1 Å². The summed E-state index contributed by atoms with van der Waals surface area (Å²) in [4.78, 5) is 27.3. The zero-order valence-electron chi connectivity index (χ0n) is 13.4. The molecule has 25 heavy (non-hydrogen) atoms. The van der Waals surface area contributed by atoms with Crippen LogP contribution in [0.3, 0.4) is 0 Å². The maximum absolute atomic E-state index is 11.5. The maximum Gasteiger partial charge on any atom is 0.337 e. The largest absolute Gasteiger partial charge is 0.481 e. The second kappa shape index (κ2) is 7.27. The fourth-order valence-electron chi connectivity index (χ4n) is 2.40. The average Bonchev–Trinajstić information content (AvgIpc) is 3.05. The first-order chi connectivity index (χ1) is 12.1.